The van der Waals surface area contributed by atoms with Gasteiger partial charge in [-0.3, -0.25) is 4.79 Å². The lowest BCUT2D eigenvalue weighted by Gasteiger charge is -2.50. The summed E-state index contributed by atoms with van der Waals surface area (Å²) in [6.07, 6.45) is 2.86. The van der Waals surface area contributed by atoms with E-state index in [1.807, 2.05) is 43.3 Å². The lowest BCUT2D eigenvalue weighted by atomic mass is 9.64. The molecule has 1 unspecified atom stereocenters. The van der Waals surface area contributed by atoms with E-state index in [1.165, 1.54) is 0 Å². The van der Waals surface area contributed by atoms with Gasteiger partial charge in [-0.15, -0.1) is 5.54 Å². The van der Waals surface area contributed by atoms with Crippen molar-refractivity contribution in [2.45, 2.75) is 111 Å². The standard InChI is InChI=1S/C32H48O3Si/c1-22(2)36(23(3)4,24(5)6)19-17-28(29(33)25(7)20-26-14-12-11-13-15-26)35-30-32(10)18-16-27(21-34-30)31(32,8)9/h11-15,20,22-24,27-28,30H,16,18,21H2,1-10H3/b25-20+/t27-,28?,30-,32+/m0/s1. The highest BCUT2D eigenvalue weighted by molar-refractivity contribution is 6.90. The van der Waals surface area contributed by atoms with Crippen molar-refractivity contribution in [1.82, 2.24) is 0 Å². The molecule has 3 nitrogen and oxygen atoms in total. The van der Waals surface area contributed by atoms with Crippen molar-refractivity contribution in [1.29, 1.82) is 0 Å². The van der Waals surface area contributed by atoms with Crippen molar-refractivity contribution in [3.05, 3.63) is 41.5 Å². The molecular formula is C32H48O3Si. The van der Waals surface area contributed by atoms with Gasteiger partial charge in [0, 0.05) is 5.41 Å². The summed E-state index contributed by atoms with van der Waals surface area (Å²) in [5.41, 5.74) is 6.84. The molecule has 2 aliphatic rings. The minimum absolute atomic E-state index is 0.0596. The number of benzene rings is 1. The van der Waals surface area contributed by atoms with Crippen LogP contribution in [-0.2, 0) is 14.3 Å². The van der Waals surface area contributed by atoms with E-state index < -0.39 is 20.5 Å². The minimum Gasteiger partial charge on any atom is -0.352 e. The summed E-state index contributed by atoms with van der Waals surface area (Å²) in [5, 5.41) is 0. The Kier molecular flexibility index (Phi) is 8.81. The van der Waals surface area contributed by atoms with Gasteiger partial charge in [-0.05, 0) is 64.9 Å². The first-order valence-corrected chi connectivity index (χ1v) is 16.1. The van der Waals surface area contributed by atoms with Gasteiger partial charge in [0.2, 0.25) is 0 Å². The van der Waals surface area contributed by atoms with Gasteiger partial charge < -0.3 is 9.47 Å². The van der Waals surface area contributed by atoms with Crippen LogP contribution in [0.4, 0.5) is 0 Å². The van der Waals surface area contributed by atoms with E-state index in [0.29, 0.717) is 34.7 Å². The second kappa shape index (κ2) is 11.0. The van der Waals surface area contributed by atoms with Crippen LogP contribution in [-0.4, -0.2) is 32.9 Å². The van der Waals surface area contributed by atoms with E-state index >= 15 is 0 Å². The number of hydrogen-bond donors (Lipinski definition) is 0. The fraction of sp³-hybridized carbons (Fsp3) is 0.656. The van der Waals surface area contributed by atoms with Crippen molar-refractivity contribution in [2.75, 3.05) is 6.61 Å². The van der Waals surface area contributed by atoms with Gasteiger partial charge >= 0.3 is 0 Å². The average molecular weight is 509 g/mol. The Hall–Kier alpha value is -1.67. The number of rotatable bonds is 8. The van der Waals surface area contributed by atoms with E-state index in [-0.39, 0.29) is 16.6 Å². The quantitative estimate of drug-likeness (QED) is 0.202. The molecule has 1 aromatic carbocycles. The van der Waals surface area contributed by atoms with Gasteiger partial charge in [-0.1, -0.05) is 98.6 Å². The molecule has 4 heteroatoms. The van der Waals surface area contributed by atoms with Crippen molar-refractivity contribution in [2.24, 2.45) is 16.7 Å². The number of hydrogen-bond acceptors (Lipinski definition) is 3. The van der Waals surface area contributed by atoms with Crippen molar-refractivity contribution in [3.63, 3.8) is 0 Å². The average Bonchev–Trinajstić information content (AvgIpc) is 2.92. The molecule has 0 N–H and O–H groups in total. The van der Waals surface area contributed by atoms with Gasteiger partial charge in [-0.2, -0.15) is 0 Å². The molecule has 1 aliphatic heterocycles. The molecule has 2 fully saturated rings. The van der Waals surface area contributed by atoms with Crippen LogP contribution in [0.5, 0.6) is 0 Å². The van der Waals surface area contributed by atoms with Crippen LogP contribution in [0.25, 0.3) is 6.08 Å². The number of fused-ring (bicyclic) bond motifs is 2. The molecular weight excluding hydrogens is 460 g/mol. The Bertz CT molecular complexity index is 989. The number of ketones is 1. The molecule has 198 valence electrons. The lowest BCUT2D eigenvalue weighted by molar-refractivity contribution is -0.268. The zero-order valence-corrected chi connectivity index (χ0v) is 25.3. The molecule has 0 aromatic heterocycles. The molecule has 1 heterocycles. The highest BCUT2D eigenvalue weighted by atomic mass is 28.3. The Labute approximate surface area is 221 Å². The Balaban J connectivity index is 2.03. The number of carbonyl (C=O) groups excluding carboxylic acids is 1. The highest BCUT2D eigenvalue weighted by Gasteiger charge is 2.60. The fourth-order valence-corrected chi connectivity index (χ4v) is 12.1. The van der Waals surface area contributed by atoms with Crippen LogP contribution in [0, 0.1) is 28.2 Å². The predicted octanol–water partition coefficient (Wildman–Crippen LogP) is 8.06. The molecule has 0 spiro atoms. The predicted molar refractivity (Wildman–Crippen MR) is 153 cm³/mol. The number of ether oxygens (including phenoxy) is 2. The van der Waals surface area contributed by atoms with Gasteiger partial charge in [0.1, 0.15) is 8.07 Å². The van der Waals surface area contributed by atoms with Gasteiger partial charge in [0.15, 0.2) is 18.2 Å². The van der Waals surface area contributed by atoms with Crippen LogP contribution in [0.15, 0.2) is 35.9 Å². The van der Waals surface area contributed by atoms with Gasteiger partial charge in [0.25, 0.3) is 0 Å². The Morgan fingerprint density at radius 2 is 1.64 bits per heavy atom. The third-order valence-corrected chi connectivity index (χ3v) is 16.1. The van der Waals surface area contributed by atoms with Crippen molar-refractivity contribution >= 4 is 19.9 Å². The molecule has 1 saturated carbocycles. The molecule has 0 radical (unpaired) electrons. The summed E-state index contributed by atoms with van der Waals surface area (Å²) in [6.45, 7) is 23.3. The Morgan fingerprint density at radius 1 is 1.06 bits per heavy atom. The second-order valence-electron chi connectivity index (χ2n) is 12.8. The molecule has 4 atom stereocenters. The fourth-order valence-electron chi connectivity index (χ4n) is 6.90. The summed E-state index contributed by atoms with van der Waals surface area (Å²) in [7, 11) is -2.03. The zero-order chi connectivity index (χ0) is 26.9. The SMILES string of the molecule is C/C(=C\c1ccccc1)C(=O)C(C#C[Si](C(C)C)(C(C)C)C(C)C)O[C@@H]1OC[C@@H]2CC[C@@]1(C)C2(C)C. The smallest absolute Gasteiger partial charge is 0.199 e. The molecule has 0 amide bonds. The first-order valence-electron chi connectivity index (χ1n) is 13.8. The summed E-state index contributed by atoms with van der Waals surface area (Å²) >= 11 is 0. The normalized spacial score (nSPS) is 26.8. The van der Waals surface area contributed by atoms with Gasteiger partial charge in [0.05, 0.1) is 6.61 Å². The maximum absolute atomic E-state index is 13.9. The van der Waals surface area contributed by atoms with Crippen LogP contribution < -0.4 is 0 Å². The summed E-state index contributed by atoms with van der Waals surface area (Å²) in [5.74, 6) is 3.91. The van der Waals surface area contributed by atoms with Crippen LogP contribution in [0.2, 0.25) is 16.6 Å². The summed E-state index contributed by atoms with van der Waals surface area (Å²) in [4.78, 5) is 13.9. The third-order valence-electron chi connectivity index (χ3n) is 9.83. The topological polar surface area (TPSA) is 35.5 Å². The molecule has 2 bridgehead atoms. The second-order valence-corrected chi connectivity index (χ2v) is 18.4. The van der Waals surface area contributed by atoms with Crippen molar-refractivity contribution in [3.8, 4) is 11.5 Å². The van der Waals surface area contributed by atoms with E-state index in [2.05, 4.69) is 73.8 Å². The molecule has 1 aliphatic carbocycles. The Morgan fingerprint density at radius 3 is 2.19 bits per heavy atom. The molecule has 36 heavy (non-hydrogen) atoms. The number of Topliss-reactive ketones (excluding diaryl/α,β-unsaturated/α-hetero) is 1. The number of carbonyl (C=O) groups is 1. The maximum Gasteiger partial charge on any atom is 0.199 e. The first kappa shape index (κ1) is 28.9. The van der Waals surface area contributed by atoms with Gasteiger partial charge in [-0.25, -0.2) is 0 Å². The minimum atomic E-state index is -2.03. The molecule has 1 saturated heterocycles. The van der Waals surface area contributed by atoms with Crippen LogP contribution >= 0.6 is 0 Å². The molecule has 3 rings (SSSR count). The first-order chi connectivity index (χ1) is 16.8. The monoisotopic (exact) mass is 508 g/mol. The largest absolute Gasteiger partial charge is 0.352 e. The van der Waals surface area contributed by atoms with E-state index in [9.17, 15) is 4.79 Å². The van der Waals surface area contributed by atoms with Crippen LogP contribution in [0.3, 0.4) is 0 Å². The maximum atomic E-state index is 13.9. The molecule has 1 aromatic rings. The highest BCUT2D eigenvalue weighted by Crippen LogP contribution is 2.61. The summed E-state index contributed by atoms with van der Waals surface area (Å²) in [6, 6.07) is 9.98. The zero-order valence-electron chi connectivity index (χ0n) is 24.3. The van der Waals surface area contributed by atoms with E-state index in [4.69, 9.17) is 9.47 Å². The van der Waals surface area contributed by atoms with E-state index in [0.717, 1.165) is 18.4 Å². The van der Waals surface area contributed by atoms with Crippen LogP contribution in [0.1, 0.15) is 87.6 Å². The van der Waals surface area contributed by atoms with E-state index in [1.54, 1.807) is 0 Å². The lowest BCUT2D eigenvalue weighted by Crippen LogP contribution is -2.53. The third kappa shape index (κ3) is 5.17. The summed E-state index contributed by atoms with van der Waals surface area (Å²) < 4.78 is 13.0. The van der Waals surface area contributed by atoms with Crippen molar-refractivity contribution < 1.29 is 14.3 Å².